The van der Waals surface area contributed by atoms with Crippen molar-refractivity contribution in [2.45, 2.75) is 45.2 Å². The molecule has 2 aromatic rings. The Labute approximate surface area is 148 Å². The first-order valence-corrected chi connectivity index (χ1v) is 8.80. The van der Waals surface area contributed by atoms with Gasteiger partial charge in [-0.15, -0.1) is 0 Å². The molecule has 1 fully saturated rings. The number of benzene rings is 1. The number of aliphatic hydroxyl groups is 1. The minimum atomic E-state index is -0.229. The highest BCUT2D eigenvalue weighted by Crippen LogP contribution is 2.37. The molecule has 0 radical (unpaired) electrons. The van der Waals surface area contributed by atoms with E-state index in [1.807, 2.05) is 50.4 Å². The Bertz CT molecular complexity index is 716. The fourth-order valence-electron chi connectivity index (χ4n) is 3.62. The minimum Gasteiger partial charge on any atom is -0.396 e. The monoisotopic (exact) mass is 342 g/mol. The lowest BCUT2D eigenvalue weighted by molar-refractivity contribution is 0.121. The molecule has 3 atom stereocenters. The lowest BCUT2D eigenvalue weighted by Gasteiger charge is -2.30. The molecular weight excluding hydrogens is 316 g/mol. The van der Waals surface area contributed by atoms with Gasteiger partial charge in [-0.25, -0.2) is 9.48 Å². The van der Waals surface area contributed by atoms with Gasteiger partial charge in [0, 0.05) is 23.9 Å². The standard InChI is InChI=1S/C19H26N4O2/c1-14(15-7-3-4-8-16(15)23-12-6-11-20-23)21-18(25)22-17-9-5-10-19(17,2)13-24/h3-4,6-8,11-12,14,17,24H,5,9-10,13H2,1-2H3,(H2,21,22,25). The zero-order valence-corrected chi connectivity index (χ0v) is 14.8. The van der Waals surface area contributed by atoms with Gasteiger partial charge in [-0.2, -0.15) is 5.10 Å². The number of rotatable bonds is 5. The van der Waals surface area contributed by atoms with Gasteiger partial charge in [-0.3, -0.25) is 0 Å². The predicted molar refractivity (Wildman–Crippen MR) is 96.5 cm³/mol. The zero-order chi connectivity index (χ0) is 17.9. The Kier molecular flexibility index (Phi) is 5.08. The summed E-state index contributed by atoms with van der Waals surface area (Å²) >= 11 is 0. The average molecular weight is 342 g/mol. The van der Waals surface area contributed by atoms with Crippen LogP contribution in [0.25, 0.3) is 5.69 Å². The number of para-hydroxylation sites is 1. The summed E-state index contributed by atoms with van der Waals surface area (Å²) in [5, 5.41) is 20.0. The molecular formula is C19H26N4O2. The summed E-state index contributed by atoms with van der Waals surface area (Å²) in [7, 11) is 0. The lowest BCUT2D eigenvalue weighted by Crippen LogP contribution is -2.49. The Hall–Kier alpha value is -2.34. The van der Waals surface area contributed by atoms with Gasteiger partial charge < -0.3 is 15.7 Å². The summed E-state index contributed by atoms with van der Waals surface area (Å²) in [4.78, 5) is 12.5. The summed E-state index contributed by atoms with van der Waals surface area (Å²) in [5.74, 6) is 0. The number of amides is 2. The molecule has 1 saturated carbocycles. The van der Waals surface area contributed by atoms with Crippen molar-refractivity contribution < 1.29 is 9.90 Å². The second-order valence-corrected chi connectivity index (χ2v) is 7.11. The van der Waals surface area contributed by atoms with Crippen molar-refractivity contribution in [2.75, 3.05) is 6.61 Å². The Morgan fingerprint density at radius 2 is 2.24 bits per heavy atom. The van der Waals surface area contributed by atoms with Gasteiger partial charge in [-0.1, -0.05) is 31.5 Å². The van der Waals surface area contributed by atoms with Gasteiger partial charge in [-0.05, 0) is 37.5 Å². The number of hydrogen-bond acceptors (Lipinski definition) is 3. The number of aliphatic hydroxyl groups excluding tert-OH is 1. The number of carbonyl (C=O) groups excluding carboxylic acids is 1. The first kappa shape index (κ1) is 17.5. The fourth-order valence-corrected chi connectivity index (χ4v) is 3.62. The third-order valence-electron chi connectivity index (χ3n) is 5.25. The summed E-state index contributed by atoms with van der Waals surface area (Å²) in [5.41, 5.74) is 1.71. The third kappa shape index (κ3) is 3.69. The summed E-state index contributed by atoms with van der Waals surface area (Å²) < 4.78 is 1.80. The van der Waals surface area contributed by atoms with Gasteiger partial charge in [0.15, 0.2) is 0 Å². The quantitative estimate of drug-likeness (QED) is 0.782. The summed E-state index contributed by atoms with van der Waals surface area (Å²) in [6, 6.07) is 9.41. The molecule has 6 heteroatoms. The molecule has 0 aliphatic heterocycles. The molecule has 1 heterocycles. The topological polar surface area (TPSA) is 79.2 Å². The number of hydrogen-bond donors (Lipinski definition) is 3. The highest BCUT2D eigenvalue weighted by Gasteiger charge is 2.39. The van der Waals surface area contributed by atoms with E-state index in [1.54, 1.807) is 10.9 Å². The molecule has 0 saturated heterocycles. The van der Waals surface area contributed by atoms with Crippen LogP contribution in [0.3, 0.4) is 0 Å². The van der Waals surface area contributed by atoms with Crippen LogP contribution in [-0.4, -0.2) is 33.6 Å². The zero-order valence-electron chi connectivity index (χ0n) is 14.8. The van der Waals surface area contributed by atoms with Crippen LogP contribution in [0.4, 0.5) is 4.79 Å². The van der Waals surface area contributed by atoms with E-state index in [2.05, 4.69) is 15.7 Å². The number of nitrogens with one attached hydrogen (secondary N) is 2. The van der Waals surface area contributed by atoms with Gasteiger partial charge in [0.25, 0.3) is 0 Å². The predicted octanol–water partition coefficient (Wildman–Crippen LogP) is 2.78. The fraction of sp³-hybridized carbons (Fsp3) is 0.474. The van der Waals surface area contributed by atoms with Gasteiger partial charge in [0.1, 0.15) is 0 Å². The molecule has 2 amide bonds. The molecule has 1 aromatic carbocycles. The summed E-state index contributed by atoms with van der Waals surface area (Å²) in [6.07, 6.45) is 6.49. The van der Waals surface area contributed by atoms with Crippen LogP contribution in [0, 0.1) is 5.41 Å². The Morgan fingerprint density at radius 3 is 2.96 bits per heavy atom. The van der Waals surface area contributed by atoms with Crippen molar-refractivity contribution in [3.8, 4) is 5.69 Å². The Morgan fingerprint density at radius 1 is 1.44 bits per heavy atom. The number of nitrogens with zero attached hydrogens (tertiary/aromatic N) is 2. The van der Waals surface area contributed by atoms with E-state index in [1.165, 1.54) is 0 Å². The van der Waals surface area contributed by atoms with Crippen LogP contribution in [-0.2, 0) is 0 Å². The van der Waals surface area contributed by atoms with E-state index in [-0.39, 0.29) is 30.1 Å². The van der Waals surface area contributed by atoms with Crippen molar-refractivity contribution in [1.82, 2.24) is 20.4 Å². The summed E-state index contributed by atoms with van der Waals surface area (Å²) in [6.45, 7) is 4.08. The number of urea groups is 1. The van der Waals surface area contributed by atoms with Crippen LogP contribution in [0.2, 0.25) is 0 Å². The van der Waals surface area contributed by atoms with Gasteiger partial charge in [0.05, 0.1) is 18.3 Å². The molecule has 3 unspecified atom stereocenters. The van der Waals surface area contributed by atoms with Gasteiger partial charge in [0.2, 0.25) is 0 Å². The molecule has 25 heavy (non-hydrogen) atoms. The minimum absolute atomic E-state index is 0.00561. The van der Waals surface area contributed by atoms with Crippen molar-refractivity contribution >= 4 is 6.03 Å². The van der Waals surface area contributed by atoms with Crippen molar-refractivity contribution in [2.24, 2.45) is 5.41 Å². The maximum Gasteiger partial charge on any atom is 0.315 e. The Balaban J connectivity index is 1.69. The van der Waals surface area contributed by atoms with E-state index in [9.17, 15) is 9.90 Å². The van der Waals surface area contributed by atoms with Crippen LogP contribution in [0.1, 0.15) is 44.7 Å². The molecule has 0 bridgehead atoms. The van der Waals surface area contributed by atoms with E-state index in [0.717, 1.165) is 30.5 Å². The van der Waals surface area contributed by atoms with Crippen molar-refractivity contribution in [3.05, 3.63) is 48.3 Å². The second-order valence-electron chi connectivity index (χ2n) is 7.11. The molecule has 1 aliphatic carbocycles. The normalized spacial score (nSPS) is 24.0. The molecule has 6 nitrogen and oxygen atoms in total. The molecule has 1 aromatic heterocycles. The maximum atomic E-state index is 12.5. The number of carbonyl (C=O) groups is 1. The molecule has 3 N–H and O–H groups in total. The van der Waals surface area contributed by atoms with Crippen molar-refractivity contribution in [3.63, 3.8) is 0 Å². The maximum absolute atomic E-state index is 12.5. The van der Waals surface area contributed by atoms with Crippen LogP contribution in [0.15, 0.2) is 42.7 Å². The molecule has 3 rings (SSSR count). The highest BCUT2D eigenvalue weighted by molar-refractivity contribution is 5.75. The molecule has 0 spiro atoms. The van der Waals surface area contributed by atoms with E-state index in [4.69, 9.17) is 0 Å². The number of aromatic nitrogens is 2. The van der Waals surface area contributed by atoms with Crippen molar-refractivity contribution in [1.29, 1.82) is 0 Å². The van der Waals surface area contributed by atoms with Crippen LogP contribution < -0.4 is 10.6 Å². The molecule has 1 aliphatic rings. The highest BCUT2D eigenvalue weighted by atomic mass is 16.3. The van der Waals surface area contributed by atoms with E-state index >= 15 is 0 Å². The smallest absolute Gasteiger partial charge is 0.315 e. The third-order valence-corrected chi connectivity index (χ3v) is 5.25. The molecule has 134 valence electrons. The van der Waals surface area contributed by atoms with E-state index < -0.39 is 0 Å². The van der Waals surface area contributed by atoms with Crippen LogP contribution >= 0.6 is 0 Å². The average Bonchev–Trinajstić information content (AvgIpc) is 3.26. The largest absolute Gasteiger partial charge is 0.396 e. The SMILES string of the molecule is CC(NC(=O)NC1CCCC1(C)CO)c1ccccc1-n1cccn1. The van der Waals surface area contributed by atoms with E-state index in [0.29, 0.717) is 0 Å². The first-order valence-electron chi connectivity index (χ1n) is 8.80. The lowest BCUT2D eigenvalue weighted by atomic mass is 9.86. The first-order chi connectivity index (χ1) is 12.0. The van der Waals surface area contributed by atoms with Crippen LogP contribution in [0.5, 0.6) is 0 Å². The second kappa shape index (κ2) is 7.27. The van der Waals surface area contributed by atoms with Gasteiger partial charge >= 0.3 is 6.03 Å².